The van der Waals surface area contributed by atoms with Gasteiger partial charge in [-0.3, -0.25) is 9.79 Å². The fourth-order valence-corrected chi connectivity index (χ4v) is 3.61. The van der Waals surface area contributed by atoms with Crippen molar-refractivity contribution in [3.8, 4) is 5.75 Å². The Labute approximate surface area is 143 Å². The summed E-state index contributed by atoms with van der Waals surface area (Å²) in [7, 11) is 1.83. The maximum atomic E-state index is 10.8. The van der Waals surface area contributed by atoms with Crippen LogP contribution in [0.4, 0.5) is 0 Å². The van der Waals surface area contributed by atoms with Crippen molar-refractivity contribution in [1.29, 1.82) is 0 Å². The number of amides is 1. The molecule has 1 aliphatic carbocycles. The number of carbonyl (C=O) groups is 1. The molecule has 1 amide bonds. The first-order chi connectivity index (χ1) is 11.6. The number of nitrogens with two attached hydrogens (primary N) is 1. The minimum Gasteiger partial charge on any atom is -0.484 e. The number of likely N-dealkylation sites (tertiary alicyclic amines) is 1. The van der Waals surface area contributed by atoms with E-state index in [2.05, 4.69) is 15.2 Å². The van der Waals surface area contributed by atoms with E-state index in [9.17, 15) is 4.79 Å². The molecule has 1 spiro atoms. The van der Waals surface area contributed by atoms with Crippen LogP contribution in [0, 0.1) is 5.41 Å². The molecular formula is C18H26N4O2. The van der Waals surface area contributed by atoms with Gasteiger partial charge in [0.05, 0.1) is 0 Å². The van der Waals surface area contributed by atoms with Crippen LogP contribution in [0.3, 0.4) is 0 Å². The predicted molar refractivity (Wildman–Crippen MR) is 93.8 cm³/mol. The van der Waals surface area contributed by atoms with Crippen LogP contribution in [0.5, 0.6) is 5.75 Å². The lowest BCUT2D eigenvalue weighted by atomic mass is 9.68. The van der Waals surface area contributed by atoms with Crippen LogP contribution < -0.4 is 15.8 Å². The van der Waals surface area contributed by atoms with E-state index in [4.69, 9.17) is 10.5 Å². The standard InChI is InChI=1S/C18H26N4O2/c1-20-17(22-9-8-18(13-22)6-3-7-18)21-11-14-4-2-5-15(10-14)24-12-16(19)23/h2,4-5,10H,3,6-9,11-13H2,1H3,(H2,19,23)(H,20,21). The highest BCUT2D eigenvalue weighted by atomic mass is 16.5. The Morgan fingerprint density at radius 1 is 1.42 bits per heavy atom. The van der Waals surface area contributed by atoms with Crippen molar-refractivity contribution in [3.05, 3.63) is 29.8 Å². The van der Waals surface area contributed by atoms with Crippen molar-refractivity contribution < 1.29 is 9.53 Å². The molecule has 0 atom stereocenters. The minimum atomic E-state index is -0.474. The van der Waals surface area contributed by atoms with E-state index in [1.165, 1.54) is 25.7 Å². The van der Waals surface area contributed by atoms with Crippen molar-refractivity contribution in [3.63, 3.8) is 0 Å². The normalized spacial score (nSPS) is 19.2. The molecule has 3 rings (SSSR count). The lowest BCUT2D eigenvalue weighted by Gasteiger charge is -2.38. The van der Waals surface area contributed by atoms with Crippen LogP contribution in [0.25, 0.3) is 0 Å². The summed E-state index contributed by atoms with van der Waals surface area (Å²) in [6.07, 6.45) is 5.38. The average molecular weight is 330 g/mol. The molecule has 0 aromatic heterocycles. The van der Waals surface area contributed by atoms with Gasteiger partial charge in [-0.15, -0.1) is 0 Å². The summed E-state index contributed by atoms with van der Waals surface area (Å²) in [5.74, 6) is 1.14. The van der Waals surface area contributed by atoms with Gasteiger partial charge in [0.25, 0.3) is 5.91 Å². The lowest BCUT2D eigenvalue weighted by molar-refractivity contribution is -0.119. The van der Waals surface area contributed by atoms with Crippen molar-refractivity contribution in [1.82, 2.24) is 10.2 Å². The molecule has 6 heteroatoms. The largest absolute Gasteiger partial charge is 0.484 e. The second-order valence-electron chi connectivity index (χ2n) is 6.83. The molecule has 1 aromatic rings. The average Bonchev–Trinajstić information content (AvgIpc) is 3.00. The fraction of sp³-hybridized carbons (Fsp3) is 0.556. The van der Waals surface area contributed by atoms with Crippen LogP contribution in [0.15, 0.2) is 29.3 Å². The molecule has 1 heterocycles. The molecule has 1 saturated heterocycles. The first-order valence-electron chi connectivity index (χ1n) is 8.56. The van der Waals surface area contributed by atoms with E-state index in [-0.39, 0.29) is 6.61 Å². The molecule has 0 unspecified atom stereocenters. The Morgan fingerprint density at radius 3 is 2.88 bits per heavy atom. The zero-order valence-electron chi connectivity index (χ0n) is 14.3. The summed E-state index contributed by atoms with van der Waals surface area (Å²) in [5.41, 5.74) is 6.74. The van der Waals surface area contributed by atoms with Gasteiger partial charge in [0.15, 0.2) is 12.6 Å². The third-order valence-corrected chi connectivity index (χ3v) is 5.09. The van der Waals surface area contributed by atoms with Gasteiger partial charge < -0.3 is 20.7 Å². The number of ether oxygens (including phenoxy) is 1. The number of hydrogen-bond acceptors (Lipinski definition) is 3. The van der Waals surface area contributed by atoms with Gasteiger partial charge in [-0.05, 0) is 42.4 Å². The molecule has 3 N–H and O–H groups in total. The lowest BCUT2D eigenvalue weighted by Crippen LogP contribution is -2.42. The van der Waals surface area contributed by atoms with E-state index in [0.717, 1.165) is 24.6 Å². The Hall–Kier alpha value is -2.24. The van der Waals surface area contributed by atoms with Crippen molar-refractivity contribution in [2.75, 3.05) is 26.7 Å². The van der Waals surface area contributed by atoms with Crippen LogP contribution >= 0.6 is 0 Å². The molecule has 0 radical (unpaired) electrons. The first kappa shape index (κ1) is 16.6. The second-order valence-corrected chi connectivity index (χ2v) is 6.83. The van der Waals surface area contributed by atoms with E-state index in [1.807, 2.05) is 31.3 Å². The van der Waals surface area contributed by atoms with Crippen molar-refractivity contribution >= 4 is 11.9 Å². The van der Waals surface area contributed by atoms with Crippen LogP contribution in [-0.2, 0) is 11.3 Å². The zero-order chi connectivity index (χ0) is 17.0. The zero-order valence-corrected chi connectivity index (χ0v) is 14.3. The first-order valence-corrected chi connectivity index (χ1v) is 8.56. The number of guanidine groups is 1. The van der Waals surface area contributed by atoms with E-state index >= 15 is 0 Å². The molecule has 2 fully saturated rings. The SMILES string of the molecule is CN=C(NCc1cccc(OCC(N)=O)c1)N1CCC2(CCC2)C1. The van der Waals surface area contributed by atoms with Gasteiger partial charge >= 0.3 is 0 Å². The summed E-state index contributed by atoms with van der Waals surface area (Å²) in [5, 5.41) is 3.43. The number of nitrogens with one attached hydrogen (secondary N) is 1. The number of nitrogens with zero attached hydrogens (tertiary/aromatic N) is 2. The molecule has 1 aliphatic heterocycles. The van der Waals surface area contributed by atoms with E-state index < -0.39 is 5.91 Å². The number of carbonyl (C=O) groups excluding carboxylic acids is 1. The molecule has 130 valence electrons. The Kier molecular flexibility index (Phi) is 4.92. The molecule has 2 aliphatic rings. The van der Waals surface area contributed by atoms with Crippen molar-refractivity contribution in [2.24, 2.45) is 16.1 Å². The molecular weight excluding hydrogens is 304 g/mol. The third kappa shape index (κ3) is 3.80. The van der Waals surface area contributed by atoms with Gasteiger partial charge in [-0.2, -0.15) is 0 Å². The summed E-state index contributed by atoms with van der Waals surface area (Å²) in [6, 6.07) is 7.67. The quantitative estimate of drug-likeness (QED) is 0.633. The minimum absolute atomic E-state index is 0.103. The number of aliphatic imine (C=N–C) groups is 1. The van der Waals surface area contributed by atoms with E-state index in [1.54, 1.807) is 0 Å². The number of rotatable bonds is 5. The topological polar surface area (TPSA) is 80.0 Å². The molecule has 0 bridgehead atoms. The van der Waals surface area contributed by atoms with Gasteiger partial charge in [0, 0.05) is 26.7 Å². The predicted octanol–water partition coefficient (Wildman–Crippen LogP) is 1.50. The van der Waals surface area contributed by atoms with Crippen molar-refractivity contribution in [2.45, 2.75) is 32.2 Å². The van der Waals surface area contributed by atoms with Crippen LogP contribution in [-0.4, -0.2) is 43.5 Å². The maximum absolute atomic E-state index is 10.8. The molecule has 1 aromatic carbocycles. The van der Waals surface area contributed by atoms with Gasteiger partial charge in [-0.1, -0.05) is 18.6 Å². The summed E-state index contributed by atoms with van der Waals surface area (Å²) < 4.78 is 5.35. The highest BCUT2D eigenvalue weighted by Gasteiger charge is 2.43. The number of benzene rings is 1. The maximum Gasteiger partial charge on any atom is 0.255 e. The molecule has 24 heavy (non-hydrogen) atoms. The van der Waals surface area contributed by atoms with Gasteiger partial charge in [0.1, 0.15) is 5.75 Å². The fourth-order valence-electron chi connectivity index (χ4n) is 3.61. The van der Waals surface area contributed by atoms with Crippen LogP contribution in [0.2, 0.25) is 0 Å². The Morgan fingerprint density at radius 2 is 2.25 bits per heavy atom. The Balaban J connectivity index is 1.54. The number of hydrogen-bond donors (Lipinski definition) is 2. The monoisotopic (exact) mass is 330 g/mol. The molecule has 6 nitrogen and oxygen atoms in total. The van der Waals surface area contributed by atoms with Gasteiger partial charge in [-0.25, -0.2) is 0 Å². The van der Waals surface area contributed by atoms with Gasteiger partial charge in [0.2, 0.25) is 0 Å². The van der Waals surface area contributed by atoms with Crippen LogP contribution in [0.1, 0.15) is 31.2 Å². The highest BCUT2D eigenvalue weighted by molar-refractivity contribution is 5.80. The summed E-state index contributed by atoms with van der Waals surface area (Å²) >= 11 is 0. The van der Waals surface area contributed by atoms with E-state index in [0.29, 0.717) is 17.7 Å². The number of primary amides is 1. The highest BCUT2D eigenvalue weighted by Crippen LogP contribution is 2.47. The summed E-state index contributed by atoms with van der Waals surface area (Å²) in [4.78, 5) is 17.6. The third-order valence-electron chi connectivity index (χ3n) is 5.09. The smallest absolute Gasteiger partial charge is 0.255 e. The summed E-state index contributed by atoms with van der Waals surface area (Å²) in [6.45, 7) is 2.77. The second kappa shape index (κ2) is 7.11. The Bertz CT molecular complexity index is 625. The molecule has 1 saturated carbocycles.